The maximum atomic E-state index is 14.1. The standard InChI is InChI=1S/C20H31ClFNO/c1-3-11-23(12-4-2)15-17-7-5-6-10-20(17,24)14-16-13-18(21)8-9-19(16)22/h8-9,13,17,24H,3-7,10-12,14-15H2,1-2H3/t17-,20-/m0/s1. The van der Waals surface area contributed by atoms with Gasteiger partial charge >= 0.3 is 0 Å². The van der Waals surface area contributed by atoms with Gasteiger partial charge in [-0.2, -0.15) is 0 Å². The molecule has 0 radical (unpaired) electrons. The molecule has 0 heterocycles. The van der Waals surface area contributed by atoms with Crippen LogP contribution in [0, 0.1) is 11.7 Å². The normalized spacial score (nSPS) is 24.5. The molecule has 0 aromatic heterocycles. The molecule has 1 fully saturated rings. The quantitative estimate of drug-likeness (QED) is 0.704. The van der Waals surface area contributed by atoms with Crippen molar-refractivity contribution < 1.29 is 9.50 Å². The van der Waals surface area contributed by atoms with Crippen LogP contribution in [0.5, 0.6) is 0 Å². The first-order chi connectivity index (χ1) is 11.5. The molecule has 2 rings (SSSR count). The molecule has 2 nitrogen and oxygen atoms in total. The molecule has 0 aliphatic heterocycles. The van der Waals surface area contributed by atoms with Crippen molar-refractivity contribution >= 4 is 11.6 Å². The average molecular weight is 356 g/mol. The van der Waals surface area contributed by atoms with Crippen molar-refractivity contribution in [2.45, 2.75) is 64.4 Å². The topological polar surface area (TPSA) is 23.5 Å². The number of rotatable bonds is 8. The summed E-state index contributed by atoms with van der Waals surface area (Å²) in [6.07, 6.45) is 6.52. The van der Waals surface area contributed by atoms with Crippen LogP contribution in [0.15, 0.2) is 18.2 Å². The Morgan fingerprint density at radius 3 is 2.62 bits per heavy atom. The third-order valence-corrected chi connectivity index (χ3v) is 5.47. The van der Waals surface area contributed by atoms with E-state index in [1.165, 1.54) is 6.07 Å². The van der Waals surface area contributed by atoms with Crippen LogP contribution in [-0.4, -0.2) is 35.2 Å². The Labute approximate surface area is 151 Å². The van der Waals surface area contributed by atoms with E-state index in [9.17, 15) is 9.50 Å². The van der Waals surface area contributed by atoms with Crippen LogP contribution in [0.3, 0.4) is 0 Å². The van der Waals surface area contributed by atoms with Crippen LogP contribution < -0.4 is 0 Å². The lowest BCUT2D eigenvalue weighted by Gasteiger charge is -2.42. The first kappa shape index (κ1) is 19.7. The molecule has 1 saturated carbocycles. The van der Waals surface area contributed by atoms with Crippen molar-refractivity contribution in [3.8, 4) is 0 Å². The Morgan fingerprint density at radius 1 is 1.25 bits per heavy atom. The minimum absolute atomic E-state index is 0.197. The molecule has 1 N–H and O–H groups in total. The van der Waals surface area contributed by atoms with E-state index in [4.69, 9.17) is 11.6 Å². The number of hydrogen-bond donors (Lipinski definition) is 1. The number of halogens is 2. The molecule has 0 saturated heterocycles. The second kappa shape index (κ2) is 9.17. The Kier molecular flexibility index (Phi) is 7.52. The first-order valence-corrected chi connectivity index (χ1v) is 9.75. The van der Waals surface area contributed by atoms with Crippen LogP contribution >= 0.6 is 11.6 Å². The van der Waals surface area contributed by atoms with Gasteiger partial charge in [-0.25, -0.2) is 4.39 Å². The smallest absolute Gasteiger partial charge is 0.126 e. The third kappa shape index (κ3) is 5.18. The van der Waals surface area contributed by atoms with Gasteiger partial charge in [0, 0.05) is 23.9 Å². The molecule has 1 aliphatic carbocycles. The highest BCUT2D eigenvalue weighted by Crippen LogP contribution is 2.38. The van der Waals surface area contributed by atoms with E-state index >= 15 is 0 Å². The molecular weight excluding hydrogens is 325 g/mol. The Hall–Kier alpha value is -0.640. The predicted molar refractivity (Wildman–Crippen MR) is 99.0 cm³/mol. The third-order valence-electron chi connectivity index (χ3n) is 5.23. The predicted octanol–water partition coefficient (Wildman–Crippen LogP) is 5.06. The summed E-state index contributed by atoms with van der Waals surface area (Å²) in [5.41, 5.74) is -0.293. The summed E-state index contributed by atoms with van der Waals surface area (Å²) in [5, 5.41) is 11.9. The molecule has 136 valence electrons. The van der Waals surface area contributed by atoms with E-state index in [1.807, 2.05) is 0 Å². The van der Waals surface area contributed by atoms with Gasteiger partial charge in [-0.05, 0) is 62.5 Å². The highest BCUT2D eigenvalue weighted by molar-refractivity contribution is 6.30. The molecule has 24 heavy (non-hydrogen) atoms. The lowest BCUT2D eigenvalue weighted by atomic mass is 9.72. The summed E-state index contributed by atoms with van der Waals surface area (Å²) in [4.78, 5) is 2.45. The van der Waals surface area contributed by atoms with Gasteiger partial charge in [-0.1, -0.05) is 38.3 Å². The summed E-state index contributed by atoms with van der Waals surface area (Å²) in [7, 11) is 0. The minimum Gasteiger partial charge on any atom is -0.389 e. The monoisotopic (exact) mass is 355 g/mol. The minimum atomic E-state index is -0.830. The van der Waals surface area contributed by atoms with Gasteiger partial charge in [-0.15, -0.1) is 0 Å². The van der Waals surface area contributed by atoms with E-state index in [0.29, 0.717) is 17.0 Å². The summed E-state index contributed by atoms with van der Waals surface area (Å²) in [5.74, 6) is -0.0705. The highest BCUT2D eigenvalue weighted by Gasteiger charge is 2.40. The van der Waals surface area contributed by atoms with Crippen molar-refractivity contribution in [1.82, 2.24) is 4.90 Å². The highest BCUT2D eigenvalue weighted by atomic mass is 35.5. The Morgan fingerprint density at radius 2 is 1.96 bits per heavy atom. The summed E-state index contributed by atoms with van der Waals surface area (Å²) in [6, 6.07) is 4.63. The lowest BCUT2D eigenvalue weighted by Crippen LogP contribution is -2.48. The Balaban J connectivity index is 2.15. The number of hydrogen-bond acceptors (Lipinski definition) is 2. The van der Waals surface area contributed by atoms with Crippen molar-refractivity contribution in [2.75, 3.05) is 19.6 Å². The zero-order valence-electron chi connectivity index (χ0n) is 15.0. The maximum Gasteiger partial charge on any atom is 0.126 e. The van der Waals surface area contributed by atoms with Gasteiger partial charge in [0.25, 0.3) is 0 Å². The molecule has 2 atom stereocenters. The second-order valence-corrected chi connectivity index (χ2v) is 7.70. The molecule has 1 aromatic rings. The molecule has 0 amide bonds. The SMILES string of the molecule is CCCN(CCC)C[C@@H]1CCCC[C@]1(O)Cc1cc(Cl)ccc1F. The van der Waals surface area contributed by atoms with E-state index in [0.717, 1.165) is 58.2 Å². The van der Waals surface area contributed by atoms with Crippen molar-refractivity contribution in [3.63, 3.8) is 0 Å². The molecule has 0 bridgehead atoms. The van der Waals surface area contributed by atoms with Crippen LogP contribution in [0.2, 0.25) is 5.02 Å². The molecule has 0 spiro atoms. The maximum absolute atomic E-state index is 14.1. The fourth-order valence-corrected chi connectivity index (χ4v) is 4.23. The van der Waals surface area contributed by atoms with Crippen LogP contribution in [0.1, 0.15) is 57.9 Å². The zero-order valence-corrected chi connectivity index (χ0v) is 15.8. The van der Waals surface area contributed by atoms with Crippen molar-refractivity contribution in [1.29, 1.82) is 0 Å². The molecular formula is C20H31ClFNO. The molecule has 4 heteroatoms. The average Bonchev–Trinajstić information content (AvgIpc) is 2.54. The van der Waals surface area contributed by atoms with Gasteiger partial charge < -0.3 is 10.0 Å². The molecule has 0 unspecified atom stereocenters. The molecule has 1 aliphatic rings. The lowest BCUT2D eigenvalue weighted by molar-refractivity contribution is -0.0596. The van der Waals surface area contributed by atoms with Gasteiger partial charge in [0.05, 0.1) is 5.60 Å². The number of benzene rings is 1. The molecule has 1 aromatic carbocycles. The number of aliphatic hydroxyl groups is 1. The largest absolute Gasteiger partial charge is 0.389 e. The van der Waals surface area contributed by atoms with E-state index in [-0.39, 0.29) is 11.7 Å². The van der Waals surface area contributed by atoms with Gasteiger partial charge in [0.1, 0.15) is 5.82 Å². The fraction of sp³-hybridized carbons (Fsp3) is 0.700. The fourth-order valence-electron chi connectivity index (χ4n) is 4.04. The van der Waals surface area contributed by atoms with Crippen molar-refractivity contribution in [2.24, 2.45) is 5.92 Å². The van der Waals surface area contributed by atoms with Gasteiger partial charge in [-0.3, -0.25) is 0 Å². The van der Waals surface area contributed by atoms with Gasteiger partial charge in [0.2, 0.25) is 0 Å². The summed E-state index contributed by atoms with van der Waals surface area (Å²) >= 11 is 6.03. The van der Waals surface area contributed by atoms with E-state index < -0.39 is 5.60 Å². The van der Waals surface area contributed by atoms with Crippen LogP contribution in [-0.2, 0) is 6.42 Å². The summed E-state index contributed by atoms with van der Waals surface area (Å²) < 4.78 is 14.1. The Bertz CT molecular complexity index is 518. The van der Waals surface area contributed by atoms with Crippen molar-refractivity contribution in [3.05, 3.63) is 34.6 Å². The van der Waals surface area contributed by atoms with Crippen LogP contribution in [0.4, 0.5) is 4.39 Å². The van der Waals surface area contributed by atoms with E-state index in [1.54, 1.807) is 12.1 Å². The van der Waals surface area contributed by atoms with Crippen LogP contribution in [0.25, 0.3) is 0 Å². The van der Waals surface area contributed by atoms with E-state index in [2.05, 4.69) is 18.7 Å². The zero-order chi connectivity index (χ0) is 17.6. The summed E-state index contributed by atoms with van der Waals surface area (Å²) in [6.45, 7) is 7.41. The first-order valence-electron chi connectivity index (χ1n) is 9.37. The second-order valence-electron chi connectivity index (χ2n) is 7.26. The number of nitrogens with zero attached hydrogens (tertiary/aromatic N) is 1. The van der Waals surface area contributed by atoms with Gasteiger partial charge in [0.15, 0.2) is 0 Å².